The van der Waals surface area contributed by atoms with Crippen LogP contribution < -0.4 is 5.32 Å². The smallest absolute Gasteiger partial charge is 0.122 e. The molecule has 0 amide bonds. The molecule has 8 heavy (non-hydrogen) atoms. The van der Waals surface area contributed by atoms with E-state index in [1.165, 1.54) is 0 Å². The molecule has 1 heterocycles. The maximum Gasteiger partial charge on any atom is 0.122 e. The van der Waals surface area contributed by atoms with Crippen LogP contribution in [0.4, 0.5) is 5.69 Å². The molecular formula is C6H5N2. The van der Waals surface area contributed by atoms with Gasteiger partial charge in [-0.05, 0) is 12.1 Å². The van der Waals surface area contributed by atoms with Crippen LogP contribution in [0.1, 0.15) is 0 Å². The predicted molar refractivity (Wildman–Crippen MR) is 31.1 cm³/mol. The van der Waals surface area contributed by atoms with Gasteiger partial charge in [0.05, 0.1) is 5.69 Å². The van der Waals surface area contributed by atoms with Crippen LogP contribution in [0.3, 0.4) is 0 Å². The fourth-order valence-corrected chi connectivity index (χ4v) is 0.437. The molecule has 1 rings (SSSR count). The van der Waals surface area contributed by atoms with E-state index in [4.69, 9.17) is 7.05 Å². The molecule has 1 aromatic heterocycles. The van der Waals surface area contributed by atoms with Crippen molar-refractivity contribution in [2.24, 2.45) is 0 Å². The molecule has 0 saturated heterocycles. The van der Waals surface area contributed by atoms with Gasteiger partial charge in [0.2, 0.25) is 0 Å². The molecule has 39 valence electrons. The maximum absolute atomic E-state index is 6.65. The summed E-state index contributed by atoms with van der Waals surface area (Å²) in [6.07, 6.45) is 3.26. The third kappa shape index (κ3) is 0.964. The molecule has 0 saturated carbocycles. The van der Waals surface area contributed by atoms with Gasteiger partial charge in [-0.25, -0.2) is 0 Å². The van der Waals surface area contributed by atoms with E-state index in [1.54, 1.807) is 24.5 Å². The number of nitrogens with zero attached hydrogens (tertiary/aromatic N) is 1. The second-order valence-electron chi connectivity index (χ2n) is 1.37. The Morgan fingerprint density at radius 1 is 1.62 bits per heavy atom. The van der Waals surface area contributed by atoms with Gasteiger partial charge in [-0.15, -0.1) is 0 Å². The Balaban J connectivity index is 2.83. The van der Waals surface area contributed by atoms with E-state index in [0.29, 0.717) is 5.69 Å². The zero-order valence-corrected chi connectivity index (χ0v) is 4.26. The van der Waals surface area contributed by atoms with Crippen molar-refractivity contribution < 1.29 is 0 Å². The van der Waals surface area contributed by atoms with E-state index in [0.717, 1.165) is 0 Å². The Hall–Kier alpha value is -1.05. The lowest BCUT2D eigenvalue weighted by Gasteiger charge is -1.92. The Kier molecular flexibility index (Phi) is 1.47. The molecule has 2 heteroatoms. The summed E-state index contributed by atoms with van der Waals surface area (Å²) >= 11 is 0. The highest BCUT2D eigenvalue weighted by molar-refractivity contribution is 5.39. The molecule has 1 aromatic rings. The number of aromatic nitrogens is 1. The first-order valence-electron chi connectivity index (χ1n) is 2.26. The molecule has 0 aliphatic heterocycles. The van der Waals surface area contributed by atoms with Crippen molar-refractivity contribution in [1.29, 1.82) is 0 Å². The molecule has 2 nitrogen and oxygen atoms in total. The van der Waals surface area contributed by atoms with Crippen LogP contribution in [0.15, 0.2) is 24.5 Å². The van der Waals surface area contributed by atoms with E-state index in [2.05, 4.69) is 10.3 Å². The molecule has 0 atom stereocenters. The van der Waals surface area contributed by atoms with Gasteiger partial charge in [0.15, 0.2) is 0 Å². The fourth-order valence-electron chi connectivity index (χ4n) is 0.437. The predicted octanol–water partition coefficient (Wildman–Crippen LogP) is 1.04. The van der Waals surface area contributed by atoms with E-state index in [1.807, 2.05) is 0 Å². The van der Waals surface area contributed by atoms with Crippen LogP contribution in [0.5, 0.6) is 0 Å². The average Bonchev–Trinajstić information content (AvgIpc) is 1.90. The number of anilines is 1. The fraction of sp³-hybridized carbons (Fsp3) is 0. The van der Waals surface area contributed by atoms with Gasteiger partial charge in [0, 0.05) is 12.4 Å². The van der Waals surface area contributed by atoms with Gasteiger partial charge in [-0.2, -0.15) is 0 Å². The van der Waals surface area contributed by atoms with Crippen LogP contribution >= 0.6 is 0 Å². The summed E-state index contributed by atoms with van der Waals surface area (Å²) in [6, 6.07) is 3.55. The first-order chi connectivity index (χ1) is 3.93. The van der Waals surface area contributed by atoms with E-state index >= 15 is 0 Å². The lowest BCUT2D eigenvalue weighted by molar-refractivity contribution is 1.32. The number of hydrogen-bond acceptors (Lipinski definition) is 2. The molecule has 0 unspecified atom stereocenters. The summed E-state index contributed by atoms with van der Waals surface area (Å²) in [5, 5.41) is 2.21. The molecule has 0 aliphatic carbocycles. The van der Waals surface area contributed by atoms with Crippen molar-refractivity contribution >= 4 is 5.69 Å². The molecule has 0 bridgehead atoms. The summed E-state index contributed by atoms with van der Waals surface area (Å²) < 4.78 is 0. The minimum absolute atomic E-state index is 0.715. The van der Waals surface area contributed by atoms with Crippen molar-refractivity contribution in [3.05, 3.63) is 31.6 Å². The van der Waals surface area contributed by atoms with Crippen LogP contribution in [0.2, 0.25) is 0 Å². The molecular weight excluding hydrogens is 100 g/mol. The number of pyridine rings is 1. The summed E-state index contributed by atoms with van der Waals surface area (Å²) in [7, 11) is 6.65. The monoisotopic (exact) mass is 105 g/mol. The molecule has 3 radical (unpaired) electrons. The van der Waals surface area contributed by atoms with Crippen molar-refractivity contribution in [2.75, 3.05) is 5.32 Å². The SMILES string of the molecule is [C]Nc1cccnc1. The third-order valence-electron chi connectivity index (χ3n) is 0.806. The standard InChI is InChI=1S/C6H5N2/c1-7-6-3-2-4-8-5-6/h2-5,7H. The summed E-state index contributed by atoms with van der Waals surface area (Å²) in [5.74, 6) is 0. The maximum atomic E-state index is 6.65. The minimum Gasteiger partial charge on any atom is -0.371 e. The summed E-state index contributed by atoms with van der Waals surface area (Å²) in [4.78, 5) is 3.77. The second kappa shape index (κ2) is 2.31. The molecule has 0 spiro atoms. The molecule has 0 fully saturated rings. The largest absolute Gasteiger partial charge is 0.371 e. The number of hydrogen-bond donors (Lipinski definition) is 1. The van der Waals surface area contributed by atoms with Gasteiger partial charge >= 0.3 is 0 Å². The Morgan fingerprint density at radius 2 is 2.50 bits per heavy atom. The Labute approximate surface area is 48.6 Å². The lowest BCUT2D eigenvalue weighted by atomic mass is 10.4. The van der Waals surface area contributed by atoms with E-state index < -0.39 is 0 Å². The van der Waals surface area contributed by atoms with Gasteiger partial charge in [0.25, 0.3) is 0 Å². The highest BCUT2D eigenvalue weighted by Crippen LogP contribution is 1.99. The van der Waals surface area contributed by atoms with Gasteiger partial charge in [-0.1, -0.05) is 0 Å². The van der Waals surface area contributed by atoms with Crippen molar-refractivity contribution in [3.63, 3.8) is 0 Å². The van der Waals surface area contributed by atoms with Gasteiger partial charge in [0.1, 0.15) is 7.05 Å². The van der Waals surface area contributed by atoms with Crippen molar-refractivity contribution in [2.45, 2.75) is 0 Å². The molecule has 1 N–H and O–H groups in total. The van der Waals surface area contributed by atoms with E-state index in [9.17, 15) is 0 Å². The lowest BCUT2D eigenvalue weighted by Crippen LogP contribution is -1.82. The van der Waals surface area contributed by atoms with Crippen LogP contribution in [-0.4, -0.2) is 4.98 Å². The second-order valence-corrected chi connectivity index (χ2v) is 1.37. The molecule has 0 aliphatic rings. The quantitative estimate of drug-likeness (QED) is 0.577. The summed E-state index contributed by atoms with van der Waals surface area (Å²) in [5.41, 5.74) is 0.715. The number of rotatable bonds is 1. The number of nitrogens with one attached hydrogen (secondary N) is 1. The first kappa shape index (κ1) is 5.09. The average molecular weight is 105 g/mol. The van der Waals surface area contributed by atoms with E-state index in [-0.39, 0.29) is 0 Å². The summed E-state index contributed by atoms with van der Waals surface area (Å²) in [6.45, 7) is 0. The third-order valence-corrected chi connectivity index (χ3v) is 0.806. The van der Waals surface area contributed by atoms with Crippen molar-refractivity contribution in [1.82, 2.24) is 4.98 Å². The molecule has 0 aromatic carbocycles. The van der Waals surface area contributed by atoms with Crippen LogP contribution in [-0.2, 0) is 0 Å². The van der Waals surface area contributed by atoms with Crippen LogP contribution in [0, 0.1) is 7.05 Å². The topological polar surface area (TPSA) is 24.9 Å². The van der Waals surface area contributed by atoms with Crippen molar-refractivity contribution in [3.8, 4) is 0 Å². The highest BCUT2D eigenvalue weighted by Gasteiger charge is 1.79. The normalized spacial score (nSPS) is 8.62. The van der Waals surface area contributed by atoms with Gasteiger partial charge in [-0.3, -0.25) is 4.98 Å². The first-order valence-corrected chi connectivity index (χ1v) is 2.26. The highest BCUT2D eigenvalue weighted by atomic mass is 14.8. The van der Waals surface area contributed by atoms with Crippen LogP contribution in [0.25, 0.3) is 0 Å². The minimum atomic E-state index is 0.715. The Morgan fingerprint density at radius 3 is 2.88 bits per heavy atom. The zero-order chi connectivity index (χ0) is 5.82. The van der Waals surface area contributed by atoms with Gasteiger partial charge < -0.3 is 5.32 Å². The zero-order valence-electron chi connectivity index (χ0n) is 4.26. The Bertz CT molecular complexity index is 148.